The zero-order valence-electron chi connectivity index (χ0n) is 19.7. The average Bonchev–Trinajstić information content (AvgIpc) is 2.99. The van der Waals surface area contributed by atoms with Gasteiger partial charge in [0.05, 0.1) is 45.6 Å². The molecule has 0 aliphatic rings. The number of hydrogen-bond donors (Lipinski definition) is 0. The first kappa shape index (κ1) is 25.6. The molecule has 0 N–H and O–H groups in total. The van der Waals surface area contributed by atoms with Gasteiger partial charge >= 0.3 is 0 Å². The van der Waals surface area contributed by atoms with Crippen LogP contribution >= 0.6 is 0 Å². The van der Waals surface area contributed by atoms with E-state index in [9.17, 15) is 0 Å². The maximum atomic E-state index is 4.59. The number of pyridine rings is 6. The predicted molar refractivity (Wildman–Crippen MR) is 141 cm³/mol. The largest absolute Gasteiger partial charge is 0.255 e. The molecule has 7 heteroatoms. The summed E-state index contributed by atoms with van der Waals surface area (Å²) in [6, 6.07) is 35.0. The van der Waals surface area contributed by atoms with Crippen LogP contribution in [0.3, 0.4) is 0 Å². The first-order valence-corrected chi connectivity index (χ1v) is 11.5. The Morgan fingerprint density at radius 3 is 0.730 bits per heavy atom. The quantitative estimate of drug-likeness (QED) is 0.218. The van der Waals surface area contributed by atoms with Gasteiger partial charge in [0.2, 0.25) is 0 Å². The van der Waals surface area contributed by atoms with Gasteiger partial charge in [0.15, 0.2) is 0 Å². The van der Waals surface area contributed by atoms with Gasteiger partial charge < -0.3 is 0 Å². The Bertz CT molecular complexity index is 1290. The molecule has 0 aromatic carbocycles. The standard InChI is InChI=1S/2C15H11N3.Os/c2*1-3-10-16-12(6-1)14-8-5-9-15(18-14)13-7-2-4-11-17-13;/h2*1-11H;. The van der Waals surface area contributed by atoms with Gasteiger partial charge in [-0.15, -0.1) is 0 Å². The van der Waals surface area contributed by atoms with Crippen LogP contribution in [0.25, 0.3) is 45.6 Å². The van der Waals surface area contributed by atoms with Gasteiger partial charge in [0.25, 0.3) is 0 Å². The summed E-state index contributed by atoms with van der Waals surface area (Å²) < 4.78 is 0. The van der Waals surface area contributed by atoms with E-state index in [1.165, 1.54) is 0 Å². The van der Waals surface area contributed by atoms with Crippen molar-refractivity contribution >= 4 is 0 Å². The summed E-state index contributed by atoms with van der Waals surface area (Å²) in [6.45, 7) is 0. The minimum absolute atomic E-state index is 0. The minimum Gasteiger partial charge on any atom is -0.255 e. The molecule has 0 saturated carbocycles. The van der Waals surface area contributed by atoms with Gasteiger partial charge in [-0.1, -0.05) is 36.4 Å². The van der Waals surface area contributed by atoms with Crippen molar-refractivity contribution in [1.29, 1.82) is 0 Å². The topological polar surface area (TPSA) is 77.3 Å². The summed E-state index contributed by atoms with van der Waals surface area (Å²) in [5.41, 5.74) is 6.92. The van der Waals surface area contributed by atoms with Crippen LogP contribution in [0.2, 0.25) is 0 Å². The summed E-state index contributed by atoms with van der Waals surface area (Å²) in [7, 11) is 0. The van der Waals surface area contributed by atoms with Crippen LogP contribution in [0, 0.1) is 0 Å². The van der Waals surface area contributed by atoms with Crippen molar-refractivity contribution in [3.8, 4) is 45.6 Å². The van der Waals surface area contributed by atoms with E-state index >= 15 is 0 Å². The Morgan fingerprint density at radius 1 is 0.270 bits per heavy atom. The van der Waals surface area contributed by atoms with E-state index in [0.29, 0.717) is 0 Å². The molecule has 37 heavy (non-hydrogen) atoms. The zero-order valence-corrected chi connectivity index (χ0v) is 22.3. The second-order valence-corrected chi connectivity index (χ2v) is 7.68. The molecule has 0 bridgehead atoms. The van der Waals surface area contributed by atoms with E-state index in [2.05, 4.69) is 29.9 Å². The van der Waals surface area contributed by atoms with Gasteiger partial charge in [-0.05, 0) is 72.8 Å². The summed E-state index contributed by atoms with van der Waals surface area (Å²) in [6.07, 6.45) is 7.07. The minimum atomic E-state index is 0. The number of nitrogens with zero attached hydrogens (tertiary/aromatic N) is 6. The van der Waals surface area contributed by atoms with Crippen LogP contribution in [0.1, 0.15) is 0 Å². The van der Waals surface area contributed by atoms with Crippen LogP contribution < -0.4 is 0 Å². The molecule has 6 aromatic rings. The fourth-order valence-corrected chi connectivity index (χ4v) is 3.50. The molecule has 0 spiro atoms. The fourth-order valence-electron chi connectivity index (χ4n) is 3.50. The molecule has 180 valence electrons. The molecular formula is C30H22N6Os. The van der Waals surface area contributed by atoms with Crippen molar-refractivity contribution in [2.24, 2.45) is 0 Å². The van der Waals surface area contributed by atoms with Crippen LogP contribution in [-0.2, 0) is 19.8 Å². The maximum Gasteiger partial charge on any atom is 0.0894 e. The van der Waals surface area contributed by atoms with Crippen molar-refractivity contribution < 1.29 is 19.8 Å². The van der Waals surface area contributed by atoms with Crippen LogP contribution in [0.5, 0.6) is 0 Å². The van der Waals surface area contributed by atoms with Crippen LogP contribution in [0.4, 0.5) is 0 Å². The SMILES string of the molecule is [Os].c1ccc(-c2cccc(-c3ccccn3)n2)nc1.c1ccc(-c2cccc(-c3ccccn3)n2)nc1. The van der Waals surface area contributed by atoms with Crippen LogP contribution in [-0.4, -0.2) is 29.9 Å². The summed E-state index contributed by atoms with van der Waals surface area (Å²) in [4.78, 5) is 26.4. The van der Waals surface area contributed by atoms with E-state index < -0.39 is 0 Å². The molecule has 6 aromatic heterocycles. The first-order valence-electron chi connectivity index (χ1n) is 11.5. The molecular weight excluding hydrogens is 635 g/mol. The molecule has 6 heterocycles. The molecule has 0 atom stereocenters. The molecule has 6 nitrogen and oxygen atoms in total. The normalized spacial score (nSPS) is 9.95. The maximum absolute atomic E-state index is 4.59. The molecule has 0 aliphatic carbocycles. The van der Waals surface area contributed by atoms with Crippen LogP contribution in [0.15, 0.2) is 134 Å². The second kappa shape index (κ2) is 13.0. The Hall–Kier alpha value is -4.46. The first-order chi connectivity index (χ1) is 17.9. The molecule has 0 amide bonds. The molecule has 0 unspecified atom stereocenters. The van der Waals surface area contributed by atoms with E-state index in [1.807, 2.05) is 109 Å². The summed E-state index contributed by atoms with van der Waals surface area (Å²) >= 11 is 0. The van der Waals surface area contributed by atoms with Gasteiger partial charge in [-0.2, -0.15) is 0 Å². The van der Waals surface area contributed by atoms with E-state index in [4.69, 9.17) is 0 Å². The predicted octanol–water partition coefficient (Wildman–Crippen LogP) is 6.41. The van der Waals surface area contributed by atoms with Crippen molar-refractivity contribution in [2.45, 2.75) is 0 Å². The number of rotatable bonds is 4. The van der Waals surface area contributed by atoms with Gasteiger partial charge in [-0.25, -0.2) is 9.97 Å². The number of aromatic nitrogens is 6. The van der Waals surface area contributed by atoms with Gasteiger partial charge in [0, 0.05) is 44.6 Å². The van der Waals surface area contributed by atoms with Crippen molar-refractivity contribution in [2.75, 3.05) is 0 Å². The Balaban J connectivity index is 0.000000168. The van der Waals surface area contributed by atoms with Crippen molar-refractivity contribution in [3.05, 3.63) is 134 Å². The van der Waals surface area contributed by atoms with Crippen molar-refractivity contribution in [1.82, 2.24) is 29.9 Å². The molecule has 6 rings (SSSR count). The monoisotopic (exact) mass is 658 g/mol. The Morgan fingerprint density at radius 2 is 0.514 bits per heavy atom. The zero-order chi connectivity index (χ0) is 24.4. The van der Waals surface area contributed by atoms with Gasteiger partial charge in [-0.3, -0.25) is 19.9 Å². The van der Waals surface area contributed by atoms with E-state index in [0.717, 1.165) is 45.6 Å². The van der Waals surface area contributed by atoms with E-state index in [1.54, 1.807) is 24.8 Å². The molecule has 0 radical (unpaired) electrons. The van der Waals surface area contributed by atoms with Gasteiger partial charge in [0.1, 0.15) is 0 Å². The summed E-state index contributed by atoms with van der Waals surface area (Å²) in [5.74, 6) is 0. The molecule has 0 fully saturated rings. The second-order valence-electron chi connectivity index (χ2n) is 7.68. The third-order valence-corrected chi connectivity index (χ3v) is 5.21. The van der Waals surface area contributed by atoms with Crippen molar-refractivity contribution in [3.63, 3.8) is 0 Å². The smallest absolute Gasteiger partial charge is 0.0894 e. The summed E-state index contributed by atoms with van der Waals surface area (Å²) in [5, 5.41) is 0. The van der Waals surface area contributed by atoms with E-state index in [-0.39, 0.29) is 19.8 Å². The average molecular weight is 657 g/mol. The molecule has 0 aliphatic heterocycles. The fraction of sp³-hybridized carbons (Fsp3) is 0. The third-order valence-electron chi connectivity index (χ3n) is 5.21. The Labute approximate surface area is 228 Å². The third kappa shape index (κ3) is 6.82. The molecule has 0 saturated heterocycles. The Kier molecular flexibility index (Phi) is 9.01. The number of hydrogen-bond acceptors (Lipinski definition) is 6.